The Morgan fingerprint density at radius 3 is 1.96 bits per heavy atom. The molecule has 26 heavy (non-hydrogen) atoms. The van der Waals surface area contributed by atoms with Gasteiger partial charge in [0.25, 0.3) is 0 Å². The molecule has 3 aromatic carbocycles. The minimum Gasteiger partial charge on any atom is -0.351 e. The van der Waals surface area contributed by atoms with Crippen LogP contribution in [0.3, 0.4) is 0 Å². The van der Waals surface area contributed by atoms with Gasteiger partial charge in [-0.3, -0.25) is 4.99 Å². The van der Waals surface area contributed by atoms with E-state index in [9.17, 15) is 0 Å². The van der Waals surface area contributed by atoms with Crippen molar-refractivity contribution in [3.05, 3.63) is 108 Å². The Morgan fingerprint density at radius 2 is 1.38 bits per heavy atom. The molecule has 130 valence electrons. The number of rotatable bonds is 6. The quantitative estimate of drug-likeness (QED) is 0.413. The van der Waals surface area contributed by atoms with E-state index in [1.54, 1.807) is 0 Å². The van der Waals surface area contributed by atoms with E-state index in [0.717, 1.165) is 16.8 Å². The van der Waals surface area contributed by atoms with Crippen molar-refractivity contribution in [1.82, 2.24) is 5.32 Å². The van der Waals surface area contributed by atoms with Crippen LogP contribution in [0, 0.1) is 0 Å². The molecule has 2 nitrogen and oxygen atoms in total. The average molecular weight is 361 g/mol. The van der Waals surface area contributed by atoms with Crippen LogP contribution in [0.2, 0.25) is 0 Å². The van der Waals surface area contributed by atoms with Gasteiger partial charge in [0.2, 0.25) is 0 Å². The van der Waals surface area contributed by atoms with Crippen LogP contribution in [-0.2, 0) is 0 Å². The molecule has 0 amide bonds. The zero-order valence-electron chi connectivity index (χ0n) is 14.7. The largest absolute Gasteiger partial charge is 0.351 e. The van der Waals surface area contributed by atoms with Gasteiger partial charge >= 0.3 is 0 Å². The number of nitrogens with zero attached hydrogens (tertiary/aromatic N) is 1. The molecular weight excluding hydrogens is 340 g/mol. The SMILES string of the molecule is C=C(Cl)NC(/N=C(\C)c1ccc(-c2ccccc2)cc1)c1ccccc1. The van der Waals surface area contributed by atoms with Crippen LogP contribution in [0.15, 0.2) is 102 Å². The first-order chi connectivity index (χ1) is 12.6. The third kappa shape index (κ3) is 4.62. The molecule has 0 heterocycles. The van der Waals surface area contributed by atoms with Crippen LogP contribution >= 0.6 is 11.6 Å². The molecular formula is C23H21ClN2. The summed E-state index contributed by atoms with van der Waals surface area (Å²) < 4.78 is 0. The highest BCUT2D eigenvalue weighted by atomic mass is 35.5. The van der Waals surface area contributed by atoms with Crippen LogP contribution in [-0.4, -0.2) is 5.71 Å². The summed E-state index contributed by atoms with van der Waals surface area (Å²) in [4.78, 5) is 4.82. The van der Waals surface area contributed by atoms with Crippen molar-refractivity contribution in [2.24, 2.45) is 4.99 Å². The van der Waals surface area contributed by atoms with Crippen molar-refractivity contribution in [3.63, 3.8) is 0 Å². The summed E-state index contributed by atoms with van der Waals surface area (Å²) in [7, 11) is 0. The summed E-state index contributed by atoms with van der Waals surface area (Å²) in [6, 6.07) is 28.8. The fraction of sp³-hybridized carbons (Fsp3) is 0.0870. The molecule has 0 bridgehead atoms. The molecule has 0 aliphatic rings. The molecule has 0 aliphatic heterocycles. The number of hydrogen-bond donors (Lipinski definition) is 1. The lowest BCUT2D eigenvalue weighted by Crippen LogP contribution is -2.17. The van der Waals surface area contributed by atoms with E-state index in [4.69, 9.17) is 16.6 Å². The molecule has 0 saturated carbocycles. The maximum atomic E-state index is 5.97. The molecule has 1 unspecified atom stereocenters. The molecule has 3 heteroatoms. The van der Waals surface area contributed by atoms with Gasteiger partial charge in [-0.25, -0.2) is 0 Å². The monoisotopic (exact) mass is 360 g/mol. The molecule has 0 spiro atoms. The molecule has 1 atom stereocenters. The van der Waals surface area contributed by atoms with Gasteiger partial charge in [-0.15, -0.1) is 0 Å². The lowest BCUT2D eigenvalue weighted by molar-refractivity contribution is 0.649. The van der Waals surface area contributed by atoms with E-state index in [1.165, 1.54) is 11.1 Å². The number of benzene rings is 3. The van der Waals surface area contributed by atoms with Crippen LogP contribution < -0.4 is 5.32 Å². The molecule has 0 radical (unpaired) electrons. The van der Waals surface area contributed by atoms with Crippen LogP contribution in [0.4, 0.5) is 0 Å². The molecule has 1 N–H and O–H groups in total. The Bertz CT molecular complexity index is 885. The zero-order valence-corrected chi connectivity index (χ0v) is 15.4. The van der Waals surface area contributed by atoms with Crippen molar-refractivity contribution in [3.8, 4) is 11.1 Å². The van der Waals surface area contributed by atoms with E-state index >= 15 is 0 Å². The maximum absolute atomic E-state index is 5.97. The second-order valence-electron chi connectivity index (χ2n) is 6.02. The highest BCUT2D eigenvalue weighted by Crippen LogP contribution is 2.21. The number of nitrogens with one attached hydrogen (secondary N) is 1. The van der Waals surface area contributed by atoms with Crippen molar-refractivity contribution < 1.29 is 0 Å². The van der Waals surface area contributed by atoms with Crippen LogP contribution in [0.1, 0.15) is 24.2 Å². The summed E-state index contributed by atoms with van der Waals surface area (Å²) >= 11 is 5.97. The first kappa shape index (κ1) is 18.0. The minimum atomic E-state index is -0.269. The molecule has 0 fully saturated rings. The van der Waals surface area contributed by atoms with Gasteiger partial charge in [-0.05, 0) is 29.2 Å². The zero-order chi connectivity index (χ0) is 18.4. The van der Waals surface area contributed by atoms with E-state index in [0.29, 0.717) is 5.16 Å². The van der Waals surface area contributed by atoms with Crippen molar-refractivity contribution in [2.75, 3.05) is 0 Å². The van der Waals surface area contributed by atoms with Crippen LogP contribution in [0.25, 0.3) is 11.1 Å². The summed E-state index contributed by atoms with van der Waals surface area (Å²) in [6.45, 7) is 5.74. The third-order valence-corrected chi connectivity index (χ3v) is 4.25. The van der Waals surface area contributed by atoms with E-state index < -0.39 is 0 Å². The van der Waals surface area contributed by atoms with Gasteiger partial charge in [-0.1, -0.05) is 103 Å². The fourth-order valence-electron chi connectivity index (χ4n) is 2.78. The standard InChI is InChI=1S/C23H21ClN2/c1-17(25-23(26-18(2)24)22-11-7-4-8-12-22)19-13-15-21(16-14-19)20-9-5-3-6-10-20/h3-16,23,26H,2H2,1H3/b25-17+. The normalized spacial score (nSPS) is 12.5. The van der Waals surface area contributed by atoms with E-state index in [1.807, 2.05) is 55.5 Å². The predicted octanol–water partition coefficient (Wildman–Crippen LogP) is 6.16. The maximum Gasteiger partial charge on any atom is 0.145 e. The Morgan fingerprint density at radius 1 is 0.846 bits per heavy atom. The first-order valence-electron chi connectivity index (χ1n) is 8.49. The summed E-state index contributed by atoms with van der Waals surface area (Å²) in [5, 5.41) is 3.49. The summed E-state index contributed by atoms with van der Waals surface area (Å²) in [6.07, 6.45) is -0.269. The predicted molar refractivity (Wildman–Crippen MR) is 111 cm³/mol. The highest BCUT2D eigenvalue weighted by Gasteiger charge is 2.10. The lowest BCUT2D eigenvalue weighted by atomic mass is 10.0. The van der Waals surface area contributed by atoms with E-state index in [2.05, 4.69) is 48.3 Å². The van der Waals surface area contributed by atoms with Crippen molar-refractivity contribution >= 4 is 17.3 Å². The molecule has 3 aromatic rings. The van der Waals surface area contributed by atoms with Gasteiger partial charge in [0.05, 0.1) is 5.16 Å². The van der Waals surface area contributed by atoms with Gasteiger partial charge in [-0.2, -0.15) is 0 Å². The smallest absolute Gasteiger partial charge is 0.145 e. The summed E-state index contributed by atoms with van der Waals surface area (Å²) in [5.74, 6) is 0. The second-order valence-corrected chi connectivity index (χ2v) is 6.48. The highest BCUT2D eigenvalue weighted by molar-refractivity contribution is 6.28. The molecule has 3 rings (SSSR count). The van der Waals surface area contributed by atoms with E-state index in [-0.39, 0.29) is 6.17 Å². The van der Waals surface area contributed by atoms with Gasteiger partial charge in [0.15, 0.2) is 0 Å². The van der Waals surface area contributed by atoms with Crippen molar-refractivity contribution in [1.29, 1.82) is 0 Å². The minimum absolute atomic E-state index is 0.269. The Hall–Kier alpha value is -2.84. The lowest BCUT2D eigenvalue weighted by Gasteiger charge is -2.16. The first-order valence-corrected chi connectivity index (χ1v) is 8.87. The molecule has 0 aromatic heterocycles. The second kappa shape index (κ2) is 8.50. The third-order valence-electron chi connectivity index (χ3n) is 4.14. The van der Waals surface area contributed by atoms with Crippen molar-refractivity contribution in [2.45, 2.75) is 13.1 Å². The Balaban J connectivity index is 1.86. The number of halogens is 1. The Labute approximate surface area is 159 Å². The average Bonchev–Trinajstić information content (AvgIpc) is 2.68. The molecule has 0 aliphatic carbocycles. The van der Waals surface area contributed by atoms with Crippen LogP contribution in [0.5, 0.6) is 0 Å². The topological polar surface area (TPSA) is 24.4 Å². The van der Waals surface area contributed by atoms with Gasteiger partial charge < -0.3 is 5.32 Å². The fourth-order valence-corrected chi connectivity index (χ4v) is 2.88. The summed E-state index contributed by atoms with van der Waals surface area (Å²) in [5.41, 5.74) is 5.44. The van der Waals surface area contributed by atoms with Gasteiger partial charge in [0, 0.05) is 5.71 Å². The molecule has 0 saturated heterocycles. The van der Waals surface area contributed by atoms with Gasteiger partial charge in [0.1, 0.15) is 6.17 Å². The Kier molecular flexibility index (Phi) is 5.88. The number of aliphatic imine (C=N–C) groups is 1. The number of hydrogen-bond acceptors (Lipinski definition) is 2.